The summed E-state index contributed by atoms with van der Waals surface area (Å²) in [6.07, 6.45) is 2.31. The molecular weight excluding hydrogens is 258 g/mol. The lowest BCUT2D eigenvalue weighted by molar-refractivity contribution is 0.227. The van der Waals surface area contributed by atoms with Crippen molar-refractivity contribution in [1.29, 1.82) is 0 Å². The van der Waals surface area contributed by atoms with Gasteiger partial charge in [-0.15, -0.1) is 11.6 Å². The Hall–Kier alpha value is -0.730. The second-order valence-corrected chi connectivity index (χ2v) is 6.56. The third kappa shape index (κ3) is 4.39. The Morgan fingerprint density at radius 3 is 2.95 bits per heavy atom. The predicted molar refractivity (Wildman–Crippen MR) is 81.3 cm³/mol. The fourth-order valence-electron chi connectivity index (χ4n) is 2.56. The van der Waals surface area contributed by atoms with Gasteiger partial charge in [-0.1, -0.05) is 31.5 Å². The molecule has 0 saturated carbocycles. The molecule has 3 heteroatoms. The lowest BCUT2D eigenvalue weighted by Gasteiger charge is -2.15. The lowest BCUT2D eigenvalue weighted by Crippen LogP contribution is -2.34. The number of benzene rings is 1. The summed E-state index contributed by atoms with van der Waals surface area (Å²) >= 11 is 6.27. The molecule has 0 aliphatic carbocycles. The van der Waals surface area contributed by atoms with Crippen LogP contribution in [0, 0.1) is 12.8 Å². The maximum atomic E-state index is 6.27. The van der Waals surface area contributed by atoms with Crippen molar-refractivity contribution >= 4 is 11.6 Å². The van der Waals surface area contributed by atoms with Crippen LogP contribution in [-0.2, 0) is 6.42 Å². The summed E-state index contributed by atoms with van der Waals surface area (Å²) in [7, 11) is 0. The highest BCUT2D eigenvalue weighted by molar-refractivity contribution is 6.20. The molecule has 0 saturated heterocycles. The van der Waals surface area contributed by atoms with Crippen molar-refractivity contribution in [3.63, 3.8) is 0 Å². The SMILES string of the molecule is Cc1ccc2c(c1)CC(CNCC(Cl)CC(C)C)O2. The molecule has 0 radical (unpaired) electrons. The van der Waals surface area contributed by atoms with Crippen LogP contribution in [0.25, 0.3) is 0 Å². The van der Waals surface area contributed by atoms with Gasteiger partial charge < -0.3 is 10.1 Å². The van der Waals surface area contributed by atoms with Crippen LogP contribution in [-0.4, -0.2) is 24.6 Å². The van der Waals surface area contributed by atoms with Gasteiger partial charge in [-0.05, 0) is 30.9 Å². The Balaban J connectivity index is 1.72. The van der Waals surface area contributed by atoms with Gasteiger partial charge in [0, 0.05) is 24.9 Å². The van der Waals surface area contributed by atoms with Crippen LogP contribution in [0.15, 0.2) is 18.2 Å². The molecule has 1 heterocycles. The molecule has 2 unspecified atom stereocenters. The number of nitrogens with one attached hydrogen (secondary N) is 1. The zero-order valence-electron chi connectivity index (χ0n) is 12.1. The van der Waals surface area contributed by atoms with E-state index in [4.69, 9.17) is 16.3 Å². The van der Waals surface area contributed by atoms with Crippen molar-refractivity contribution < 1.29 is 4.74 Å². The summed E-state index contributed by atoms with van der Waals surface area (Å²) in [6, 6.07) is 6.40. The number of rotatable bonds is 6. The van der Waals surface area contributed by atoms with E-state index in [1.807, 2.05) is 0 Å². The summed E-state index contributed by atoms with van der Waals surface area (Å²) < 4.78 is 5.92. The molecule has 1 aliphatic rings. The Bertz CT molecular complexity index is 419. The van der Waals surface area contributed by atoms with Gasteiger partial charge in [-0.2, -0.15) is 0 Å². The number of halogens is 1. The summed E-state index contributed by atoms with van der Waals surface area (Å²) in [5, 5.41) is 3.64. The summed E-state index contributed by atoms with van der Waals surface area (Å²) in [6.45, 7) is 8.25. The van der Waals surface area contributed by atoms with Gasteiger partial charge in [0.05, 0.1) is 0 Å². The van der Waals surface area contributed by atoms with E-state index < -0.39 is 0 Å². The van der Waals surface area contributed by atoms with Crippen molar-refractivity contribution in [2.45, 2.75) is 45.1 Å². The van der Waals surface area contributed by atoms with Crippen molar-refractivity contribution in [3.05, 3.63) is 29.3 Å². The first kappa shape index (κ1) is 14.7. The van der Waals surface area contributed by atoms with Crippen LogP contribution < -0.4 is 10.1 Å². The monoisotopic (exact) mass is 281 g/mol. The van der Waals surface area contributed by atoms with Gasteiger partial charge in [-0.25, -0.2) is 0 Å². The molecule has 0 fully saturated rings. The minimum Gasteiger partial charge on any atom is -0.488 e. The molecule has 1 aromatic carbocycles. The topological polar surface area (TPSA) is 21.3 Å². The average Bonchev–Trinajstić information content (AvgIpc) is 2.69. The van der Waals surface area contributed by atoms with Crippen molar-refractivity contribution in [2.24, 2.45) is 5.92 Å². The molecule has 2 nitrogen and oxygen atoms in total. The van der Waals surface area contributed by atoms with E-state index >= 15 is 0 Å². The van der Waals surface area contributed by atoms with Gasteiger partial charge in [-0.3, -0.25) is 0 Å². The molecule has 1 aromatic rings. The second-order valence-electron chi connectivity index (χ2n) is 5.94. The molecule has 106 valence electrons. The summed E-state index contributed by atoms with van der Waals surface area (Å²) in [5.41, 5.74) is 2.63. The molecule has 2 atom stereocenters. The molecule has 19 heavy (non-hydrogen) atoms. The van der Waals surface area contributed by atoms with Crippen molar-refractivity contribution in [3.8, 4) is 5.75 Å². The maximum absolute atomic E-state index is 6.27. The van der Waals surface area contributed by atoms with Gasteiger partial charge in [0.25, 0.3) is 0 Å². The van der Waals surface area contributed by atoms with Gasteiger partial charge >= 0.3 is 0 Å². The minimum absolute atomic E-state index is 0.214. The molecule has 0 spiro atoms. The molecule has 0 aromatic heterocycles. The fourth-order valence-corrected chi connectivity index (χ4v) is 3.02. The average molecular weight is 282 g/mol. The van der Waals surface area contributed by atoms with E-state index in [0.717, 1.165) is 31.7 Å². The van der Waals surface area contributed by atoms with Crippen LogP contribution in [0.1, 0.15) is 31.4 Å². The van der Waals surface area contributed by atoms with Crippen molar-refractivity contribution in [1.82, 2.24) is 5.32 Å². The Kier molecular flexibility index (Phi) is 5.12. The quantitative estimate of drug-likeness (QED) is 0.806. The van der Waals surface area contributed by atoms with Crippen LogP contribution >= 0.6 is 11.6 Å². The van der Waals surface area contributed by atoms with Gasteiger partial charge in [0.1, 0.15) is 11.9 Å². The van der Waals surface area contributed by atoms with Gasteiger partial charge in [0.2, 0.25) is 0 Å². The van der Waals surface area contributed by atoms with E-state index in [9.17, 15) is 0 Å². The Morgan fingerprint density at radius 2 is 2.21 bits per heavy atom. The highest BCUT2D eigenvalue weighted by atomic mass is 35.5. The van der Waals surface area contributed by atoms with Crippen LogP contribution in [0.4, 0.5) is 0 Å². The Morgan fingerprint density at radius 1 is 1.42 bits per heavy atom. The first-order valence-corrected chi connectivity index (χ1v) is 7.59. The molecule has 1 aliphatic heterocycles. The number of hydrogen-bond donors (Lipinski definition) is 1. The fraction of sp³-hybridized carbons (Fsp3) is 0.625. The summed E-state index contributed by atoms with van der Waals surface area (Å²) in [4.78, 5) is 0. The third-order valence-corrected chi connectivity index (χ3v) is 3.75. The molecule has 0 bridgehead atoms. The largest absolute Gasteiger partial charge is 0.488 e. The van der Waals surface area contributed by atoms with E-state index in [1.165, 1.54) is 11.1 Å². The van der Waals surface area contributed by atoms with Crippen molar-refractivity contribution in [2.75, 3.05) is 13.1 Å². The van der Waals surface area contributed by atoms with Crippen LogP contribution in [0.2, 0.25) is 0 Å². The van der Waals surface area contributed by atoms with Gasteiger partial charge in [0.15, 0.2) is 0 Å². The number of hydrogen-bond acceptors (Lipinski definition) is 2. The molecule has 1 N–H and O–H groups in total. The first-order valence-electron chi connectivity index (χ1n) is 7.15. The number of ether oxygens (including phenoxy) is 1. The van der Waals surface area contributed by atoms with E-state index in [1.54, 1.807) is 0 Å². The second kappa shape index (κ2) is 6.62. The van der Waals surface area contributed by atoms with E-state index in [2.05, 4.69) is 44.3 Å². The first-order chi connectivity index (χ1) is 9.04. The smallest absolute Gasteiger partial charge is 0.123 e. The van der Waals surface area contributed by atoms with E-state index in [0.29, 0.717) is 5.92 Å². The lowest BCUT2D eigenvalue weighted by atomic mass is 10.1. The predicted octanol–water partition coefficient (Wildman–Crippen LogP) is 3.54. The highest BCUT2D eigenvalue weighted by Gasteiger charge is 2.22. The van der Waals surface area contributed by atoms with E-state index in [-0.39, 0.29) is 11.5 Å². The normalized spacial score (nSPS) is 19.3. The Labute approximate surface area is 121 Å². The third-order valence-electron chi connectivity index (χ3n) is 3.42. The summed E-state index contributed by atoms with van der Waals surface area (Å²) in [5.74, 6) is 1.70. The highest BCUT2D eigenvalue weighted by Crippen LogP contribution is 2.29. The number of aryl methyl sites for hydroxylation is 1. The maximum Gasteiger partial charge on any atom is 0.123 e. The zero-order valence-corrected chi connectivity index (χ0v) is 12.8. The molecule has 2 rings (SSSR count). The number of alkyl halides is 1. The molecule has 0 amide bonds. The molecular formula is C16H24ClNO. The standard InChI is InChI=1S/C16H24ClNO/c1-11(2)6-14(17)9-18-10-15-8-13-7-12(3)4-5-16(13)19-15/h4-5,7,11,14-15,18H,6,8-10H2,1-3H3. The minimum atomic E-state index is 0.214. The van der Waals surface area contributed by atoms with Crippen LogP contribution in [0.5, 0.6) is 5.75 Å². The zero-order chi connectivity index (χ0) is 13.8. The van der Waals surface area contributed by atoms with Crippen LogP contribution in [0.3, 0.4) is 0 Å². The number of fused-ring (bicyclic) bond motifs is 1.